The average Bonchev–Trinajstić information content (AvgIpc) is 2.99. The molecule has 1 heterocycles. The number of nitrogens with zero attached hydrogens (tertiary/aromatic N) is 1. The van der Waals surface area contributed by atoms with Crippen LogP contribution >= 0.6 is 0 Å². The lowest BCUT2D eigenvalue weighted by atomic mass is 9.85. The van der Waals surface area contributed by atoms with Crippen molar-refractivity contribution in [2.24, 2.45) is 11.3 Å². The third kappa shape index (κ3) is 3.27. The Morgan fingerprint density at radius 2 is 1.89 bits per heavy atom. The maximum absolute atomic E-state index is 3.39. The second kappa shape index (κ2) is 6.38. The zero-order valence-electron chi connectivity index (χ0n) is 12.7. The van der Waals surface area contributed by atoms with Crippen LogP contribution in [0.3, 0.4) is 0 Å². The first-order valence-corrected chi connectivity index (χ1v) is 8.07. The topological polar surface area (TPSA) is 15.3 Å². The summed E-state index contributed by atoms with van der Waals surface area (Å²) in [5.74, 6) is 1.02. The summed E-state index contributed by atoms with van der Waals surface area (Å²) in [6, 6.07) is 0.912. The van der Waals surface area contributed by atoms with Crippen molar-refractivity contribution in [2.75, 3.05) is 26.7 Å². The van der Waals surface area contributed by atoms with Gasteiger partial charge in [0.15, 0.2) is 0 Å². The first-order valence-electron chi connectivity index (χ1n) is 8.07. The lowest BCUT2D eigenvalue weighted by molar-refractivity contribution is 0.117. The van der Waals surface area contributed by atoms with Gasteiger partial charge in [0.25, 0.3) is 0 Å². The van der Waals surface area contributed by atoms with Gasteiger partial charge in [-0.2, -0.15) is 0 Å². The van der Waals surface area contributed by atoms with E-state index in [9.17, 15) is 0 Å². The van der Waals surface area contributed by atoms with Gasteiger partial charge in [-0.25, -0.2) is 0 Å². The van der Waals surface area contributed by atoms with Gasteiger partial charge in [-0.05, 0) is 57.0 Å². The molecule has 18 heavy (non-hydrogen) atoms. The first kappa shape index (κ1) is 14.3. The molecule has 2 rings (SSSR count). The van der Waals surface area contributed by atoms with Crippen LogP contribution in [0.25, 0.3) is 0 Å². The molecule has 106 valence electrons. The van der Waals surface area contributed by atoms with E-state index in [1.54, 1.807) is 0 Å². The molecule has 0 aromatic rings. The molecule has 0 spiro atoms. The number of hydrogen-bond donors (Lipinski definition) is 1. The summed E-state index contributed by atoms with van der Waals surface area (Å²) in [6.07, 6.45) is 10.1. The molecule has 1 aliphatic carbocycles. The Kier molecular flexibility index (Phi) is 5.08. The van der Waals surface area contributed by atoms with Crippen molar-refractivity contribution in [2.45, 2.75) is 64.8 Å². The molecule has 0 aromatic heterocycles. The Morgan fingerprint density at radius 3 is 2.50 bits per heavy atom. The van der Waals surface area contributed by atoms with E-state index < -0.39 is 0 Å². The molecule has 2 aliphatic rings. The van der Waals surface area contributed by atoms with E-state index in [0.29, 0.717) is 5.41 Å². The smallest absolute Gasteiger partial charge is 0.0124 e. The maximum Gasteiger partial charge on any atom is 0.0124 e. The summed E-state index contributed by atoms with van der Waals surface area (Å²) >= 11 is 0. The van der Waals surface area contributed by atoms with Crippen molar-refractivity contribution in [3.05, 3.63) is 0 Å². The van der Waals surface area contributed by atoms with Gasteiger partial charge in [0.05, 0.1) is 0 Å². The molecule has 2 fully saturated rings. The molecule has 1 saturated carbocycles. The maximum atomic E-state index is 3.39. The summed E-state index contributed by atoms with van der Waals surface area (Å²) in [5, 5.41) is 3.39. The van der Waals surface area contributed by atoms with Crippen LogP contribution < -0.4 is 5.32 Å². The highest BCUT2D eigenvalue weighted by molar-refractivity contribution is 4.91. The summed E-state index contributed by atoms with van der Waals surface area (Å²) in [4.78, 5) is 2.83. The van der Waals surface area contributed by atoms with Gasteiger partial charge in [0, 0.05) is 19.1 Å². The molecule has 2 atom stereocenters. The summed E-state index contributed by atoms with van der Waals surface area (Å²) in [7, 11) is 2.09. The van der Waals surface area contributed by atoms with Gasteiger partial charge >= 0.3 is 0 Å². The van der Waals surface area contributed by atoms with Crippen molar-refractivity contribution < 1.29 is 0 Å². The third-order valence-corrected chi connectivity index (χ3v) is 5.40. The molecule has 0 radical (unpaired) electrons. The fraction of sp³-hybridized carbons (Fsp3) is 1.00. The molecule has 1 N–H and O–H groups in total. The Bertz CT molecular complexity index is 247. The van der Waals surface area contributed by atoms with E-state index in [4.69, 9.17) is 0 Å². The Hall–Kier alpha value is -0.0800. The van der Waals surface area contributed by atoms with E-state index in [0.717, 1.165) is 18.5 Å². The first-order chi connectivity index (χ1) is 8.68. The summed E-state index contributed by atoms with van der Waals surface area (Å²) in [5.41, 5.74) is 0.454. The number of hydrogen-bond acceptors (Lipinski definition) is 2. The van der Waals surface area contributed by atoms with Gasteiger partial charge in [-0.15, -0.1) is 0 Å². The van der Waals surface area contributed by atoms with Crippen LogP contribution in [0, 0.1) is 11.3 Å². The molecule has 0 aromatic carbocycles. The van der Waals surface area contributed by atoms with E-state index in [1.165, 1.54) is 58.0 Å². The predicted molar refractivity (Wildman–Crippen MR) is 78.9 cm³/mol. The van der Waals surface area contributed by atoms with Crippen LogP contribution in [0.1, 0.15) is 58.8 Å². The molecule has 2 heteroatoms. The highest BCUT2D eigenvalue weighted by Gasteiger charge is 2.36. The largest absolute Gasteiger partial charge is 0.319 e. The minimum absolute atomic E-state index is 0.454. The van der Waals surface area contributed by atoms with Crippen molar-refractivity contribution in [3.63, 3.8) is 0 Å². The van der Waals surface area contributed by atoms with Crippen LogP contribution in [0.15, 0.2) is 0 Å². The van der Waals surface area contributed by atoms with E-state index in [2.05, 4.69) is 31.1 Å². The zero-order chi connectivity index (χ0) is 13.0. The number of rotatable bonds is 6. The van der Waals surface area contributed by atoms with Crippen molar-refractivity contribution in [3.8, 4) is 0 Å². The van der Waals surface area contributed by atoms with Gasteiger partial charge in [-0.3, -0.25) is 4.90 Å². The Morgan fingerprint density at radius 1 is 1.17 bits per heavy atom. The quantitative estimate of drug-likeness (QED) is 0.780. The standard InChI is InChI=1S/C16H32N2/c1-4-16(2,12-17-3)13-18-11-7-10-15(18)14-8-5-6-9-14/h14-15,17H,4-13H2,1-3H3. The van der Waals surface area contributed by atoms with Gasteiger partial charge in [0.2, 0.25) is 0 Å². The van der Waals surface area contributed by atoms with Gasteiger partial charge in [0.1, 0.15) is 0 Å². The monoisotopic (exact) mass is 252 g/mol. The summed E-state index contributed by atoms with van der Waals surface area (Å²) in [6.45, 7) is 8.59. The van der Waals surface area contributed by atoms with Crippen molar-refractivity contribution >= 4 is 0 Å². The molecule has 1 saturated heterocycles. The van der Waals surface area contributed by atoms with Crippen molar-refractivity contribution in [1.29, 1.82) is 0 Å². The van der Waals surface area contributed by atoms with Crippen LogP contribution in [0.5, 0.6) is 0 Å². The Labute approximate surface area is 114 Å². The molecular formula is C16H32N2. The van der Waals surface area contributed by atoms with E-state index >= 15 is 0 Å². The molecule has 2 unspecified atom stereocenters. The number of nitrogens with one attached hydrogen (secondary N) is 1. The lowest BCUT2D eigenvalue weighted by Crippen LogP contribution is -2.45. The molecule has 0 bridgehead atoms. The average molecular weight is 252 g/mol. The second-order valence-corrected chi connectivity index (χ2v) is 6.92. The van der Waals surface area contributed by atoms with Crippen LogP contribution in [-0.4, -0.2) is 37.6 Å². The van der Waals surface area contributed by atoms with E-state index in [-0.39, 0.29) is 0 Å². The predicted octanol–water partition coefficient (Wildman–Crippen LogP) is 3.28. The highest BCUT2D eigenvalue weighted by Crippen LogP contribution is 2.37. The summed E-state index contributed by atoms with van der Waals surface area (Å²) < 4.78 is 0. The van der Waals surface area contributed by atoms with Crippen LogP contribution in [-0.2, 0) is 0 Å². The van der Waals surface area contributed by atoms with Crippen molar-refractivity contribution in [1.82, 2.24) is 10.2 Å². The minimum Gasteiger partial charge on any atom is -0.319 e. The number of likely N-dealkylation sites (tertiary alicyclic amines) is 1. The Balaban J connectivity index is 1.93. The fourth-order valence-corrected chi connectivity index (χ4v) is 4.13. The minimum atomic E-state index is 0.454. The zero-order valence-corrected chi connectivity index (χ0v) is 12.7. The molecular weight excluding hydrogens is 220 g/mol. The normalized spacial score (nSPS) is 29.8. The lowest BCUT2D eigenvalue weighted by Gasteiger charge is -2.37. The molecule has 0 amide bonds. The fourth-order valence-electron chi connectivity index (χ4n) is 4.13. The second-order valence-electron chi connectivity index (χ2n) is 6.92. The highest BCUT2D eigenvalue weighted by atomic mass is 15.2. The van der Waals surface area contributed by atoms with Crippen LogP contribution in [0.2, 0.25) is 0 Å². The molecule has 1 aliphatic heterocycles. The molecule has 2 nitrogen and oxygen atoms in total. The van der Waals surface area contributed by atoms with Crippen LogP contribution in [0.4, 0.5) is 0 Å². The SMILES string of the molecule is CCC(C)(CNC)CN1CCCC1C1CCCC1. The van der Waals surface area contributed by atoms with Gasteiger partial charge < -0.3 is 5.32 Å². The van der Waals surface area contributed by atoms with E-state index in [1.807, 2.05) is 0 Å². The van der Waals surface area contributed by atoms with Gasteiger partial charge in [-0.1, -0.05) is 26.7 Å². The third-order valence-electron chi connectivity index (χ3n) is 5.40.